The van der Waals surface area contributed by atoms with E-state index in [0.29, 0.717) is 0 Å². The number of hydrogen-bond donors (Lipinski definition) is 2. The highest BCUT2D eigenvalue weighted by atomic mass is 16.3. The minimum atomic E-state index is -0.684. The number of rotatable bonds is 8. The van der Waals surface area contributed by atoms with E-state index in [1.807, 2.05) is 13.8 Å². The fraction of sp³-hybridized carbons (Fsp3) is 1.00. The molecular formula is C14H31NO. The van der Waals surface area contributed by atoms with Crippen molar-refractivity contribution in [3.63, 3.8) is 0 Å². The van der Waals surface area contributed by atoms with E-state index >= 15 is 0 Å². The van der Waals surface area contributed by atoms with E-state index in [4.69, 9.17) is 0 Å². The van der Waals surface area contributed by atoms with E-state index in [0.717, 1.165) is 12.5 Å². The fourth-order valence-corrected chi connectivity index (χ4v) is 1.56. The quantitative estimate of drug-likeness (QED) is 0.669. The molecule has 0 fully saturated rings. The molecule has 16 heavy (non-hydrogen) atoms. The maximum Gasteiger partial charge on any atom is 0.0767 e. The largest absolute Gasteiger partial charge is 0.389 e. The molecule has 1 unspecified atom stereocenters. The van der Waals surface area contributed by atoms with E-state index in [1.165, 1.54) is 25.7 Å². The monoisotopic (exact) mass is 229 g/mol. The van der Waals surface area contributed by atoms with Gasteiger partial charge in [-0.3, -0.25) is 0 Å². The van der Waals surface area contributed by atoms with Gasteiger partial charge in [0.25, 0.3) is 0 Å². The molecule has 98 valence electrons. The third kappa shape index (κ3) is 5.31. The van der Waals surface area contributed by atoms with Gasteiger partial charge in [0.1, 0.15) is 0 Å². The van der Waals surface area contributed by atoms with Crippen LogP contribution in [0.15, 0.2) is 0 Å². The Morgan fingerprint density at radius 3 is 2.06 bits per heavy atom. The Bertz CT molecular complexity index is 182. The molecule has 0 saturated heterocycles. The first-order valence-electron chi connectivity index (χ1n) is 6.72. The number of unbranched alkanes of at least 4 members (excludes halogenated alkanes) is 1. The van der Waals surface area contributed by atoms with Crippen LogP contribution in [0.1, 0.15) is 67.2 Å². The fourth-order valence-electron chi connectivity index (χ4n) is 1.56. The lowest BCUT2D eigenvalue weighted by Gasteiger charge is -2.39. The van der Waals surface area contributed by atoms with Gasteiger partial charge in [-0.25, -0.2) is 0 Å². The first-order valence-corrected chi connectivity index (χ1v) is 6.72. The van der Waals surface area contributed by atoms with Gasteiger partial charge in [-0.15, -0.1) is 0 Å². The number of nitrogens with one attached hydrogen (secondary N) is 1. The van der Waals surface area contributed by atoms with Crippen molar-refractivity contribution in [2.24, 2.45) is 5.92 Å². The van der Waals surface area contributed by atoms with Crippen molar-refractivity contribution in [2.45, 2.75) is 78.4 Å². The molecule has 0 aromatic heterocycles. The minimum Gasteiger partial charge on any atom is -0.389 e. The summed E-state index contributed by atoms with van der Waals surface area (Å²) >= 11 is 0. The van der Waals surface area contributed by atoms with Gasteiger partial charge in [-0.05, 0) is 46.6 Å². The molecule has 0 aliphatic heterocycles. The SMILES string of the molecule is CCCCC(CC)CNC(C)(C)C(C)(C)O. The summed E-state index contributed by atoms with van der Waals surface area (Å²) in [7, 11) is 0. The molecular weight excluding hydrogens is 198 g/mol. The standard InChI is InChI=1S/C14H31NO/c1-7-9-10-12(8-2)11-15-13(3,4)14(5,6)16/h12,15-16H,7-11H2,1-6H3. The van der Waals surface area contributed by atoms with E-state index in [1.54, 1.807) is 0 Å². The summed E-state index contributed by atoms with van der Waals surface area (Å²) in [5.41, 5.74) is -0.914. The summed E-state index contributed by atoms with van der Waals surface area (Å²) < 4.78 is 0. The average molecular weight is 229 g/mol. The Morgan fingerprint density at radius 1 is 1.12 bits per heavy atom. The van der Waals surface area contributed by atoms with Gasteiger partial charge in [0.2, 0.25) is 0 Å². The lowest BCUT2D eigenvalue weighted by Crippen LogP contribution is -2.56. The lowest BCUT2D eigenvalue weighted by atomic mass is 9.85. The maximum atomic E-state index is 10.0. The molecule has 0 saturated carbocycles. The molecule has 0 aromatic rings. The van der Waals surface area contributed by atoms with Gasteiger partial charge < -0.3 is 10.4 Å². The van der Waals surface area contributed by atoms with Crippen molar-refractivity contribution in [3.8, 4) is 0 Å². The Balaban J connectivity index is 4.10. The molecule has 0 bridgehead atoms. The Hall–Kier alpha value is -0.0800. The van der Waals surface area contributed by atoms with Crippen molar-refractivity contribution >= 4 is 0 Å². The second-order valence-electron chi connectivity index (χ2n) is 5.98. The number of hydrogen-bond acceptors (Lipinski definition) is 2. The normalized spacial score (nSPS) is 15.2. The van der Waals surface area contributed by atoms with Crippen LogP contribution in [0.2, 0.25) is 0 Å². The first kappa shape index (κ1) is 15.9. The van der Waals surface area contributed by atoms with Gasteiger partial charge in [-0.1, -0.05) is 33.1 Å². The molecule has 0 aromatic carbocycles. The topological polar surface area (TPSA) is 32.3 Å². The molecule has 0 aliphatic carbocycles. The van der Waals surface area contributed by atoms with Crippen molar-refractivity contribution in [2.75, 3.05) is 6.54 Å². The third-order valence-electron chi connectivity index (χ3n) is 3.91. The summed E-state index contributed by atoms with van der Waals surface area (Å²) in [6.45, 7) is 13.4. The van der Waals surface area contributed by atoms with Gasteiger partial charge in [0, 0.05) is 5.54 Å². The molecule has 1 atom stereocenters. The molecule has 0 spiro atoms. The molecule has 0 rings (SSSR count). The predicted molar refractivity (Wildman–Crippen MR) is 71.7 cm³/mol. The summed E-state index contributed by atoms with van der Waals surface area (Å²) in [5, 5.41) is 13.6. The van der Waals surface area contributed by atoms with Gasteiger partial charge in [0.15, 0.2) is 0 Å². The molecule has 2 nitrogen and oxygen atoms in total. The highest BCUT2D eigenvalue weighted by molar-refractivity contribution is 4.93. The smallest absolute Gasteiger partial charge is 0.0767 e. The first-order chi connectivity index (χ1) is 7.24. The highest BCUT2D eigenvalue weighted by Crippen LogP contribution is 2.21. The Kier molecular flexibility index (Phi) is 6.57. The van der Waals surface area contributed by atoms with Crippen molar-refractivity contribution < 1.29 is 5.11 Å². The Labute approximate surface area is 102 Å². The van der Waals surface area contributed by atoms with Gasteiger partial charge in [-0.2, -0.15) is 0 Å². The molecule has 2 heteroatoms. The average Bonchev–Trinajstić information content (AvgIpc) is 2.16. The zero-order valence-corrected chi connectivity index (χ0v) is 12.1. The van der Waals surface area contributed by atoms with Gasteiger partial charge in [0.05, 0.1) is 5.60 Å². The van der Waals surface area contributed by atoms with Crippen LogP contribution in [0, 0.1) is 5.92 Å². The highest BCUT2D eigenvalue weighted by Gasteiger charge is 2.34. The summed E-state index contributed by atoms with van der Waals surface area (Å²) in [4.78, 5) is 0. The molecule has 0 amide bonds. The minimum absolute atomic E-state index is 0.230. The zero-order valence-electron chi connectivity index (χ0n) is 12.1. The van der Waals surface area contributed by atoms with E-state index in [2.05, 4.69) is 33.0 Å². The van der Waals surface area contributed by atoms with Crippen LogP contribution in [-0.2, 0) is 0 Å². The second-order valence-corrected chi connectivity index (χ2v) is 5.98. The zero-order chi connectivity index (χ0) is 12.8. The second kappa shape index (κ2) is 6.61. The molecule has 2 N–H and O–H groups in total. The van der Waals surface area contributed by atoms with E-state index in [9.17, 15) is 5.11 Å². The van der Waals surface area contributed by atoms with Crippen LogP contribution in [0.4, 0.5) is 0 Å². The van der Waals surface area contributed by atoms with E-state index < -0.39 is 5.60 Å². The summed E-state index contributed by atoms with van der Waals surface area (Å²) in [6, 6.07) is 0. The molecule has 0 aliphatic rings. The molecule has 0 radical (unpaired) electrons. The van der Waals surface area contributed by atoms with Crippen LogP contribution < -0.4 is 5.32 Å². The summed E-state index contributed by atoms with van der Waals surface area (Å²) in [5.74, 6) is 0.738. The maximum absolute atomic E-state index is 10.0. The predicted octanol–water partition coefficient (Wildman–Crippen LogP) is 3.34. The molecule has 0 heterocycles. The van der Waals surface area contributed by atoms with Crippen molar-refractivity contribution in [3.05, 3.63) is 0 Å². The van der Waals surface area contributed by atoms with Crippen LogP contribution >= 0.6 is 0 Å². The van der Waals surface area contributed by atoms with Crippen LogP contribution in [0.5, 0.6) is 0 Å². The number of aliphatic hydroxyl groups is 1. The third-order valence-corrected chi connectivity index (χ3v) is 3.91. The van der Waals surface area contributed by atoms with Crippen molar-refractivity contribution in [1.29, 1.82) is 0 Å². The Morgan fingerprint density at radius 2 is 1.69 bits per heavy atom. The van der Waals surface area contributed by atoms with Crippen LogP contribution in [-0.4, -0.2) is 22.8 Å². The van der Waals surface area contributed by atoms with Crippen molar-refractivity contribution in [1.82, 2.24) is 5.32 Å². The van der Waals surface area contributed by atoms with Gasteiger partial charge >= 0.3 is 0 Å². The summed E-state index contributed by atoms with van der Waals surface area (Å²) in [6.07, 6.45) is 5.09. The lowest BCUT2D eigenvalue weighted by molar-refractivity contribution is -0.00632. The van der Waals surface area contributed by atoms with Crippen LogP contribution in [0.3, 0.4) is 0 Å². The van der Waals surface area contributed by atoms with Crippen LogP contribution in [0.25, 0.3) is 0 Å². The van der Waals surface area contributed by atoms with E-state index in [-0.39, 0.29) is 5.54 Å².